The van der Waals surface area contributed by atoms with E-state index >= 15 is 0 Å². The summed E-state index contributed by atoms with van der Waals surface area (Å²) in [5.41, 5.74) is 3.16. The number of benzene rings is 2. The minimum absolute atomic E-state index is 0.0412. The number of piperidine rings is 1. The first-order valence-electron chi connectivity index (χ1n) is 12.5. The van der Waals surface area contributed by atoms with E-state index in [0.29, 0.717) is 24.1 Å². The van der Waals surface area contributed by atoms with Crippen LogP contribution in [0.25, 0.3) is 12.2 Å². The van der Waals surface area contributed by atoms with Gasteiger partial charge in [0, 0.05) is 24.7 Å². The van der Waals surface area contributed by atoms with Gasteiger partial charge in [0.1, 0.15) is 5.69 Å². The Morgan fingerprint density at radius 2 is 1.82 bits per heavy atom. The lowest BCUT2D eigenvalue weighted by Gasteiger charge is -2.30. The summed E-state index contributed by atoms with van der Waals surface area (Å²) in [5, 5.41) is 6.73. The Morgan fingerprint density at radius 1 is 1.11 bits per heavy atom. The molecule has 200 valence electrons. The highest BCUT2D eigenvalue weighted by atomic mass is 32.2. The van der Waals surface area contributed by atoms with Gasteiger partial charge in [-0.1, -0.05) is 47.1 Å². The highest BCUT2D eigenvalue weighted by Gasteiger charge is 2.36. The molecule has 0 aliphatic carbocycles. The molecule has 1 aliphatic heterocycles. The third kappa shape index (κ3) is 6.20. The summed E-state index contributed by atoms with van der Waals surface area (Å²) < 4.78 is 38.8. The second-order valence-electron chi connectivity index (χ2n) is 9.17. The summed E-state index contributed by atoms with van der Waals surface area (Å²) in [6, 6.07) is 14.4. The molecule has 38 heavy (non-hydrogen) atoms. The van der Waals surface area contributed by atoms with Crippen LogP contribution < -0.4 is 5.32 Å². The first kappa shape index (κ1) is 27.3. The predicted octanol–water partition coefficient (Wildman–Crippen LogP) is 4.68. The van der Waals surface area contributed by atoms with E-state index in [1.165, 1.54) is 4.31 Å². The number of hydrogen-bond donors (Lipinski definition) is 1. The standard InChI is InChI=1S/C28H31N3O6S/c1-4-36-28(33)23-6-5-7-24(18-23)29-27(32)22-14-16-31(17-15-22)38(34,35)26-20(3)30-37-25(26)13-12-21-10-8-19(2)9-11-21/h5-13,18,22H,4,14-17H2,1-3H3,(H,29,32). The zero-order valence-electron chi connectivity index (χ0n) is 21.6. The molecule has 4 rings (SSSR count). The van der Waals surface area contributed by atoms with Crippen LogP contribution in [-0.2, 0) is 19.6 Å². The summed E-state index contributed by atoms with van der Waals surface area (Å²) in [4.78, 5) is 24.9. The average Bonchev–Trinajstić information content (AvgIpc) is 3.29. The first-order valence-corrected chi connectivity index (χ1v) is 13.9. The van der Waals surface area contributed by atoms with E-state index < -0.39 is 16.0 Å². The van der Waals surface area contributed by atoms with E-state index in [0.717, 1.165) is 11.1 Å². The molecule has 0 radical (unpaired) electrons. The number of esters is 1. The lowest BCUT2D eigenvalue weighted by atomic mass is 9.97. The third-order valence-corrected chi connectivity index (χ3v) is 8.46. The monoisotopic (exact) mass is 537 g/mol. The molecule has 1 fully saturated rings. The predicted molar refractivity (Wildman–Crippen MR) is 144 cm³/mol. The van der Waals surface area contributed by atoms with Crippen LogP contribution in [0.3, 0.4) is 0 Å². The third-order valence-electron chi connectivity index (χ3n) is 6.40. The van der Waals surface area contributed by atoms with Crippen molar-refractivity contribution in [3.63, 3.8) is 0 Å². The molecule has 0 bridgehead atoms. The molecule has 10 heteroatoms. The Morgan fingerprint density at radius 3 is 2.50 bits per heavy atom. The number of aromatic nitrogens is 1. The van der Waals surface area contributed by atoms with E-state index in [1.54, 1.807) is 50.3 Å². The molecule has 1 aliphatic rings. The van der Waals surface area contributed by atoms with Crippen LogP contribution in [0.4, 0.5) is 5.69 Å². The summed E-state index contributed by atoms with van der Waals surface area (Å²) in [5.74, 6) is -0.869. The number of ether oxygens (including phenoxy) is 1. The SMILES string of the molecule is CCOC(=O)c1cccc(NC(=O)C2CCN(S(=O)(=O)c3c(C)noc3C=Cc3ccc(C)cc3)CC2)c1. The van der Waals surface area contributed by atoms with Crippen molar-refractivity contribution in [2.24, 2.45) is 5.92 Å². The zero-order chi connectivity index (χ0) is 27.3. The lowest BCUT2D eigenvalue weighted by molar-refractivity contribution is -0.120. The van der Waals surface area contributed by atoms with Crippen molar-refractivity contribution >= 4 is 39.7 Å². The molecule has 1 amide bonds. The van der Waals surface area contributed by atoms with Gasteiger partial charge in [0.2, 0.25) is 15.9 Å². The molecule has 2 heterocycles. The van der Waals surface area contributed by atoms with Crippen LogP contribution in [0.5, 0.6) is 0 Å². The van der Waals surface area contributed by atoms with Crippen LogP contribution in [0.1, 0.15) is 52.7 Å². The van der Waals surface area contributed by atoms with Crippen molar-refractivity contribution in [2.75, 3.05) is 25.0 Å². The Labute approximate surface area is 222 Å². The highest BCUT2D eigenvalue weighted by Crippen LogP contribution is 2.30. The van der Waals surface area contributed by atoms with E-state index in [2.05, 4.69) is 10.5 Å². The number of hydrogen-bond acceptors (Lipinski definition) is 7. The first-order chi connectivity index (χ1) is 18.2. The van der Waals surface area contributed by atoms with Crippen molar-refractivity contribution in [1.82, 2.24) is 9.46 Å². The quantitative estimate of drug-likeness (QED) is 0.415. The number of nitrogens with zero attached hydrogens (tertiary/aromatic N) is 2. The summed E-state index contributed by atoms with van der Waals surface area (Å²) in [7, 11) is -3.88. The van der Waals surface area contributed by atoms with E-state index in [9.17, 15) is 18.0 Å². The van der Waals surface area contributed by atoms with Gasteiger partial charge in [0.05, 0.1) is 12.2 Å². The Bertz CT molecular complexity index is 1440. The summed E-state index contributed by atoms with van der Waals surface area (Å²) in [6.45, 7) is 5.96. The van der Waals surface area contributed by atoms with Gasteiger partial charge in [-0.05, 0) is 63.5 Å². The fourth-order valence-corrected chi connectivity index (χ4v) is 6.04. The van der Waals surface area contributed by atoms with Gasteiger partial charge in [0.15, 0.2) is 10.7 Å². The number of carbonyl (C=O) groups is 2. The fraction of sp³-hybridized carbons (Fsp3) is 0.321. The fourth-order valence-electron chi connectivity index (χ4n) is 4.32. The number of aryl methyl sites for hydroxylation is 2. The van der Waals surface area contributed by atoms with Crippen LogP contribution in [0.15, 0.2) is 57.9 Å². The van der Waals surface area contributed by atoms with Gasteiger partial charge < -0.3 is 14.6 Å². The maximum Gasteiger partial charge on any atom is 0.338 e. The molecule has 0 atom stereocenters. The molecule has 1 N–H and O–H groups in total. The van der Waals surface area contributed by atoms with Crippen molar-refractivity contribution in [1.29, 1.82) is 0 Å². The van der Waals surface area contributed by atoms with Gasteiger partial charge in [-0.2, -0.15) is 4.31 Å². The maximum atomic E-state index is 13.5. The lowest BCUT2D eigenvalue weighted by Crippen LogP contribution is -2.41. The number of nitrogens with one attached hydrogen (secondary N) is 1. The number of rotatable bonds is 8. The molecule has 1 aromatic heterocycles. The van der Waals surface area contributed by atoms with Crippen LogP contribution in [0.2, 0.25) is 0 Å². The van der Waals surface area contributed by atoms with Crippen LogP contribution >= 0.6 is 0 Å². The topological polar surface area (TPSA) is 119 Å². The van der Waals surface area contributed by atoms with Crippen molar-refractivity contribution in [3.8, 4) is 0 Å². The molecule has 0 spiro atoms. The van der Waals surface area contributed by atoms with Crippen molar-refractivity contribution in [2.45, 2.75) is 38.5 Å². The maximum absolute atomic E-state index is 13.5. The number of anilines is 1. The summed E-state index contributed by atoms with van der Waals surface area (Å²) >= 11 is 0. The minimum Gasteiger partial charge on any atom is -0.462 e. The molecule has 1 saturated heterocycles. The molecular formula is C28H31N3O6S. The van der Waals surface area contributed by atoms with E-state index in [4.69, 9.17) is 9.26 Å². The Hall–Kier alpha value is -3.76. The van der Waals surface area contributed by atoms with E-state index in [-0.39, 0.29) is 47.9 Å². The largest absolute Gasteiger partial charge is 0.462 e. The van der Waals surface area contributed by atoms with Crippen LogP contribution in [0, 0.1) is 19.8 Å². The molecular weight excluding hydrogens is 506 g/mol. The van der Waals surface area contributed by atoms with Crippen molar-refractivity contribution in [3.05, 3.63) is 76.7 Å². The molecule has 3 aromatic rings. The minimum atomic E-state index is -3.88. The Kier molecular flexibility index (Phi) is 8.43. The van der Waals surface area contributed by atoms with Crippen LogP contribution in [-0.4, -0.2) is 49.5 Å². The highest BCUT2D eigenvalue weighted by molar-refractivity contribution is 7.89. The number of carbonyl (C=O) groups excluding carboxylic acids is 2. The van der Waals surface area contributed by atoms with Gasteiger partial charge in [-0.15, -0.1) is 0 Å². The van der Waals surface area contributed by atoms with Gasteiger partial charge in [-0.25, -0.2) is 13.2 Å². The summed E-state index contributed by atoms with van der Waals surface area (Å²) in [6.07, 6.45) is 4.12. The van der Waals surface area contributed by atoms with Gasteiger partial charge in [-0.3, -0.25) is 4.79 Å². The normalized spacial score (nSPS) is 15.0. The molecule has 9 nitrogen and oxygen atoms in total. The Balaban J connectivity index is 1.41. The number of amides is 1. The second kappa shape index (κ2) is 11.7. The zero-order valence-corrected chi connectivity index (χ0v) is 22.5. The molecule has 0 unspecified atom stereocenters. The second-order valence-corrected chi connectivity index (χ2v) is 11.0. The van der Waals surface area contributed by atoms with Gasteiger partial charge >= 0.3 is 5.97 Å². The van der Waals surface area contributed by atoms with Crippen molar-refractivity contribution < 1.29 is 27.3 Å². The number of sulfonamides is 1. The average molecular weight is 538 g/mol. The molecule has 0 saturated carbocycles. The van der Waals surface area contributed by atoms with Gasteiger partial charge in [0.25, 0.3) is 0 Å². The molecule has 2 aromatic carbocycles. The van der Waals surface area contributed by atoms with E-state index in [1.807, 2.05) is 31.2 Å². The smallest absolute Gasteiger partial charge is 0.338 e.